The molecule has 1 aromatic rings. The Kier molecular flexibility index (Phi) is 2.53. The molecule has 2 rings (SSSR count). The van der Waals surface area contributed by atoms with E-state index in [1.54, 1.807) is 0 Å². The first kappa shape index (κ1) is 9.89. The zero-order chi connectivity index (χ0) is 10.8. The van der Waals surface area contributed by atoms with Gasteiger partial charge in [-0.05, 0) is 33.6 Å². The number of nitrogens with zero attached hydrogens (tertiary/aromatic N) is 3. The van der Waals surface area contributed by atoms with Gasteiger partial charge in [0, 0.05) is 17.8 Å². The highest BCUT2D eigenvalue weighted by molar-refractivity contribution is 7.12. The summed E-state index contributed by atoms with van der Waals surface area (Å²) >= 11 is 1.40. The van der Waals surface area contributed by atoms with Crippen molar-refractivity contribution < 1.29 is 9.59 Å². The number of azide groups is 1. The summed E-state index contributed by atoms with van der Waals surface area (Å²) < 4.78 is 0. The smallest absolute Gasteiger partial charge is 0.219 e. The lowest BCUT2D eigenvalue weighted by molar-refractivity contribution is -0.118. The van der Waals surface area contributed by atoms with Crippen molar-refractivity contribution in [3.05, 3.63) is 32.3 Å². The Hall–Kier alpha value is -1.65. The minimum absolute atomic E-state index is 0.0822. The van der Waals surface area contributed by atoms with Gasteiger partial charge in [0.1, 0.15) is 0 Å². The highest BCUT2D eigenvalue weighted by Crippen LogP contribution is 2.38. The Bertz CT molecular complexity index is 473. The van der Waals surface area contributed by atoms with Crippen molar-refractivity contribution in [3.63, 3.8) is 0 Å². The molecule has 0 aromatic carbocycles. The van der Waals surface area contributed by atoms with E-state index in [1.807, 2.05) is 11.4 Å². The fourth-order valence-corrected chi connectivity index (χ4v) is 2.71. The number of ketones is 1. The maximum atomic E-state index is 11.5. The van der Waals surface area contributed by atoms with Gasteiger partial charge in [-0.1, -0.05) is 0 Å². The predicted molar refractivity (Wildman–Crippen MR) is 54.8 cm³/mol. The SMILES string of the molecule is [N-]=[N+]=NC(=O)CC1CC(=O)c2sccc21. The maximum absolute atomic E-state index is 11.5. The summed E-state index contributed by atoms with van der Waals surface area (Å²) in [7, 11) is 0. The van der Waals surface area contributed by atoms with Crippen LogP contribution >= 0.6 is 11.3 Å². The lowest BCUT2D eigenvalue weighted by Crippen LogP contribution is -2.01. The first-order valence-electron chi connectivity index (χ1n) is 4.41. The molecule has 0 spiro atoms. The molecule has 1 atom stereocenters. The number of carbonyl (C=O) groups excluding carboxylic acids is 2. The number of hydrogen-bond donors (Lipinski definition) is 0. The second-order valence-electron chi connectivity index (χ2n) is 3.32. The number of amides is 1. The van der Waals surface area contributed by atoms with Gasteiger partial charge in [-0.25, -0.2) is 0 Å². The van der Waals surface area contributed by atoms with Gasteiger partial charge in [-0.15, -0.1) is 11.3 Å². The molecule has 1 aromatic heterocycles. The first-order chi connectivity index (χ1) is 7.22. The van der Waals surface area contributed by atoms with E-state index in [2.05, 4.69) is 10.0 Å². The second-order valence-corrected chi connectivity index (χ2v) is 4.23. The van der Waals surface area contributed by atoms with Crippen molar-refractivity contribution in [1.29, 1.82) is 0 Å². The van der Waals surface area contributed by atoms with Crippen LogP contribution in [0.5, 0.6) is 0 Å². The number of Topliss-reactive ketones (excluding diaryl/α,β-unsaturated/α-hetero) is 1. The van der Waals surface area contributed by atoms with Crippen molar-refractivity contribution in [2.45, 2.75) is 18.8 Å². The van der Waals surface area contributed by atoms with E-state index in [1.165, 1.54) is 11.3 Å². The lowest BCUT2D eigenvalue weighted by Gasteiger charge is -2.04. The molecule has 76 valence electrons. The van der Waals surface area contributed by atoms with Crippen LogP contribution in [0.4, 0.5) is 0 Å². The van der Waals surface area contributed by atoms with Crippen LogP contribution in [0.3, 0.4) is 0 Å². The molecule has 6 heteroatoms. The fourth-order valence-electron chi connectivity index (χ4n) is 1.78. The van der Waals surface area contributed by atoms with Crippen molar-refractivity contribution in [2.24, 2.45) is 5.11 Å². The van der Waals surface area contributed by atoms with E-state index < -0.39 is 5.91 Å². The predicted octanol–water partition coefficient (Wildman–Crippen LogP) is 2.65. The maximum Gasteiger partial charge on any atom is 0.219 e. The third-order valence-electron chi connectivity index (χ3n) is 2.40. The molecule has 1 unspecified atom stereocenters. The first-order valence-corrected chi connectivity index (χ1v) is 5.29. The molecule has 1 heterocycles. The highest BCUT2D eigenvalue weighted by Gasteiger charge is 2.31. The number of thiophene rings is 1. The quantitative estimate of drug-likeness (QED) is 0.437. The summed E-state index contributed by atoms with van der Waals surface area (Å²) in [5.41, 5.74) is 9.01. The fraction of sp³-hybridized carbons (Fsp3) is 0.333. The average molecular weight is 221 g/mol. The minimum Gasteiger partial charge on any atom is -0.293 e. The normalized spacial score (nSPS) is 18.4. The van der Waals surface area contributed by atoms with Gasteiger partial charge in [0.05, 0.1) is 4.88 Å². The van der Waals surface area contributed by atoms with Crippen LogP contribution in [0.2, 0.25) is 0 Å². The zero-order valence-corrected chi connectivity index (χ0v) is 8.53. The van der Waals surface area contributed by atoms with Crippen LogP contribution in [-0.4, -0.2) is 11.7 Å². The van der Waals surface area contributed by atoms with Crippen LogP contribution < -0.4 is 0 Å². The summed E-state index contributed by atoms with van der Waals surface area (Å²) in [4.78, 5) is 25.8. The second kappa shape index (κ2) is 3.84. The van der Waals surface area contributed by atoms with Gasteiger partial charge in [0.25, 0.3) is 0 Å². The molecule has 1 aliphatic rings. The van der Waals surface area contributed by atoms with Crippen molar-refractivity contribution in [3.8, 4) is 0 Å². The average Bonchev–Trinajstić information content (AvgIpc) is 2.73. The van der Waals surface area contributed by atoms with Gasteiger partial charge in [-0.3, -0.25) is 9.59 Å². The zero-order valence-electron chi connectivity index (χ0n) is 7.71. The number of rotatable bonds is 2. The Morgan fingerprint density at radius 3 is 3.27 bits per heavy atom. The summed E-state index contributed by atoms with van der Waals surface area (Å²) in [5, 5.41) is 4.84. The summed E-state index contributed by atoms with van der Waals surface area (Å²) in [5.74, 6) is -0.523. The molecule has 1 amide bonds. The molecule has 15 heavy (non-hydrogen) atoms. The van der Waals surface area contributed by atoms with E-state index in [9.17, 15) is 9.59 Å². The third kappa shape index (κ3) is 1.77. The topological polar surface area (TPSA) is 82.9 Å². The molecule has 1 aliphatic carbocycles. The van der Waals surface area contributed by atoms with Crippen molar-refractivity contribution >= 4 is 23.0 Å². The molecule has 0 saturated carbocycles. The molecule has 0 aliphatic heterocycles. The molecular weight excluding hydrogens is 214 g/mol. The number of fused-ring (bicyclic) bond motifs is 1. The van der Waals surface area contributed by atoms with E-state index >= 15 is 0 Å². The molecule has 5 nitrogen and oxygen atoms in total. The summed E-state index contributed by atoms with van der Waals surface area (Å²) in [6.45, 7) is 0. The van der Waals surface area contributed by atoms with Crippen LogP contribution in [0.1, 0.15) is 34.0 Å². The largest absolute Gasteiger partial charge is 0.293 e. The highest BCUT2D eigenvalue weighted by atomic mass is 32.1. The van der Waals surface area contributed by atoms with E-state index in [0.29, 0.717) is 6.42 Å². The van der Waals surface area contributed by atoms with Gasteiger partial charge >= 0.3 is 0 Å². The monoisotopic (exact) mass is 221 g/mol. The molecule has 0 radical (unpaired) electrons. The van der Waals surface area contributed by atoms with Crippen LogP contribution in [0, 0.1) is 0 Å². The standard InChI is InChI=1S/C9H7N3O2S/c10-12-11-8(14)4-5-3-7(13)9-6(5)1-2-15-9/h1-2,5H,3-4H2. The lowest BCUT2D eigenvalue weighted by atomic mass is 10.00. The Morgan fingerprint density at radius 2 is 2.53 bits per heavy atom. The van der Waals surface area contributed by atoms with Crippen molar-refractivity contribution in [2.75, 3.05) is 0 Å². The van der Waals surface area contributed by atoms with Gasteiger partial charge in [-0.2, -0.15) is 0 Å². The molecular formula is C9H7N3O2S. The minimum atomic E-state index is -0.505. The van der Waals surface area contributed by atoms with Gasteiger partial charge in [0.15, 0.2) is 5.78 Å². The van der Waals surface area contributed by atoms with Crippen molar-refractivity contribution in [1.82, 2.24) is 0 Å². The van der Waals surface area contributed by atoms with E-state index in [0.717, 1.165) is 10.4 Å². The molecule has 0 fully saturated rings. The number of hydrogen-bond acceptors (Lipinski definition) is 3. The summed E-state index contributed by atoms with van der Waals surface area (Å²) in [6, 6.07) is 1.86. The van der Waals surface area contributed by atoms with E-state index in [4.69, 9.17) is 5.53 Å². The van der Waals surface area contributed by atoms with Crippen LogP contribution in [0.25, 0.3) is 10.4 Å². The van der Waals surface area contributed by atoms with Crippen LogP contribution in [-0.2, 0) is 4.79 Å². The number of carbonyl (C=O) groups is 2. The molecule has 0 saturated heterocycles. The summed E-state index contributed by atoms with van der Waals surface area (Å²) in [6.07, 6.45) is 0.480. The van der Waals surface area contributed by atoms with E-state index in [-0.39, 0.29) is 18.1 Å². The van der Waals surface area contributed by atoms with Gasteiger partial charge in [0.2, 0.25) is 5.91 Å². The Balaban J connectivity index is 2.18. The Morgan fingerprint density at radius 1 is 1.73 bits per heavy atom. The van der Waals surface area contributed by atoms with Gasteiger partial charge < -0.3 is 0 Å². The Labute approximate surface area is 89.3 Å². The molecule has 0 bridgehead atoms. The molecule has 0 N–H and O–H groups in total. The van der Waals surface area contributed by atoms with Crippen LogP contribution in [0.15, 0.2) is 16.6 Å². The third-order valence-corrected chi connectivity index (χ3v) is 3.37.